The zero-order chi connectivity index (χ0) is 12.4. The molecular weight excluding hydrogens is 335 g/mol. The standard InChI is InChI=1S/C10H9IN4O2/c11-8-4-13-14(6-8)5-7-1-2-10(15(16)17)9(12)3-7/h1-4,6H,5,12H2. The van der Waals surface area contributed by atoms with Gasteiger partial charge in [0.1, 0.15) is 5.69 Å². The summed E-state index contributed by atoms with van der Waals surface area (Å²) in [7, 11) is 0. The minimum Gasteiger partial charge on any atom is -0.393 e. The molecule has 0 fully saturated rings. The second-order valence-electron chi connectivity index (χ2n) is 3.51. The Labute approximate surface area is 111 Å². The zero-order valence-corrected chi connectivity index (χ0v) is 10.9. The van der Waals surface area contributed by atoms with Crippen LogP contribution in [-0.2, 0) is 6.54 Å². The lowest BCUT2D eigenvalue weighted by atomic mass is 10.2. The molecule has 88 valence electrons. The summed E-state index contributed by atoms with van der Waals surface area (Å²) < 4.78 is 2.79. The van der Waals surface area contributed by atoms with E-state index < -0.39 is 4.92 Å². The van der Waals surface area contributed by atoms with Crippen LogP contribution in [0.2, 0.25) is 0 Å². The van der Waals surface area contributed by atoms with Crippen molar-refractivity contribution in [3.8, 4) is 0 Å². The van der Waals surface area contributed by atoms with Gasteiger partial charge < -0.3 is 5.73 Å². The van der Waals surface area contributed by atoms with E-state index in [0.29, 0.717) is 6.54 Å². The Morgan fingerprint density at radius 1 is 1.53 bits per heavy atom. The number of anilines is 1. The van der Waals surface area contributed by atoms with Gasteiger partial charge in [-0.05, 0) is 34.2 Å². The molecule has 2 rings (SSSR count). The Morgan fingerprint density at radius 3 is 2.82 bits per heavy atom. The topological polar surface area (TPSA) is 87.0 Å². The third kappa shape index (κ3) is 2.73. The normalized spacial score (nSPS) is 10.4. The van der Waals surface area contributed by atoms with E-state index in [2.05, 4.69) is 27.7 Å². The fourth-order valence-corrected chi connectivity index (χ4v) is 1.93. The molecule has 0 aliphatic carbocycles. The first-order valence-electron chi connectivity index (χ1n) is 4.77. The van der Waals surface area contributed by atoms with Crippen molar-refractivity contribution < 1.29 is 4.92 Å². The number of nitro groups is 1. The second kappa shape index (κ2) is 4.70. The van der Waals surface area contributed by atoms with Crippen LogP contribution in [0.4, 0.5) is 11.4 Å². The zero-order valence-electron chi connectivity index (χ0n) is 8.71. The van der Waals surface area contributed by atoms with Crippen molar-refractivity contribution in [2.75, 3.05) is 5.73 Å². The molecule has 0 atom stereocenters. The molecule has 0 amide bonds. The van der Waals surface area contributed by atoms with E-state index in [0.717, 1.165) is 9.13 Å². The molecule has 17 heavy (non-hydrogen) atoms. The number of nitrogens with zero attached hydrogens (tertiary/aromatic N) is 3. The smallest absolute Gasteiger partial charge is 0.292 e. The van der Waals surface area contributed by atoms with Gasteiger partial charge in [-0.2, -0.15) is 5.10 Å². The number of hydrogen-bond donors (Lipinski definition) is 1. The van der Waals surface area contributed by atoms with Gasteiger partial charge in [-0.3, -0.25) is 14.8 Å². The first-order valence-corrected chi connectivity index (χ1v) is 5.85. The number of halogens is 1. The molecule has 0 saturated heterocycles. The molecule has 0 spiro atoms. The van der Waals surface area contributed by atoms with Crippen LogP contribution in [0.5, 0.6) is 0 Å². The highest BCUT2D eigenvalue weighted by Gasteiger charge is 2.11. The molecule has 2 N–H and O–H groups in total. The molecule has 1 heterocycles. The molecule has 1 aromatic heterocycles. The van der Waals surface area contributed by atoms with Crippen LogP contribution in [0.25, 0.3) is 0 Å². The molecule has 0 aliphatic rings. The lowest BCUT2D eigenvalue weighted by molar-refractivity contribution is -0.383. The number of hydrogen-bond acceptors (Lipinski definition) is 4. The molecule has 0 saturated carbocycles. The highest BCUT2D eigenvalue weighted by atomic mass is 127. The largest absolute Gasteiger partial charge is 0.393 e. The average Bonchev–Trinajstić information content (AvgIpc) is 2.63. The Kier molecular flexibility index (Phi) is 3.27. The minimum absolute atomic E-state index is 0.0659. The molecule has 7 heteroatoms. The van der Waals surface area contributed by atoms with Gasteiger partial charge >= 0.3 is 0 Å². The molecule has 2 aromatic rings. The van der Waals surface area contributed by atoms with Gasteiger partial charge in [-0.15, -0.1) is 0 Å². The average molecular weight is 344 g/mol. The number of aromatic nitrogens is 2. The summed E-state index contributed by atoms with van der Waals surface area (Å²) in [6.07, 6.45) is 3.63. The van der Waals surface area contributed by atoms with Crippen LogP contribution in [-0.4, -0.2) is 14.7 Å². The molecule has 0 bridgehead atoms. The Morgan fingerprint density at radius 2 is 2.29 bits per heavy atom. The molecule has 1 aromatic carbocycles. The minimum atomic E-state index is -0.490. The third-order valence-electron chi connectivity index (χ3n) is 2.23. The van der Waals surface area contributed by atoms with Crippen LogP contribution < -0.4 is 5.73 Å². The molecule has 0 radical (unpaired) electrons. The van der Waals surface area contributed by atoms with E-state index >= 15 is 0 Å². The maximum Gasteiger partial charge on any atom is 0.292 e. The van der Waals surface area contributed by atoms with Crippen molar-refractivity contribution in [2.24, 2.45) is 0 Å². The molecule has 6 nitrogen and oxygen atoms in total. The van der Waals surface area contributed by atoms with Crippen LogP contribution in [0.1, 0.15) is 5.56 Å². The summed E-state index contributed by atoms with van der Waals surface area (Å²) in [5.41, 5.74) is 6.60. The van der Waals surface area contributed by atoms with E-state index in [1.54, 1.807) is 23.0 Å². The Hall–Kier alpha value is -1.64. The van der Waals surface area contributed by atoms with Crippen molar-refractivity contribution in [2.45, 2.75) is 6.54 Å². The summed E-state index contributed by atoms with van der Waals surface area (Å²) >= 11 is 2.17. The van der Waals surface area contributed by atoms with Crippen LogP contribution in [0.15, 0.2) is 30.6 Å². The van der Waals surface area contributed by atoms with Crippen molar-refractivity contribution in [3.05, 3.63) is 49.8 Å². The summed E-state index contributed by atoms with van der Waals surface area (Å²) in [4.78, 5) is 10.1. The number of nitrogens with two attached hydrogens (primary N) is 1. The second-order valence-corrected chi connectivity index (χ2v) is 4.75. The van der Waals surface area contributed by atoms with Crippen LogP contribution in [0, 0.1) is 13.7 Å². The monoisotopic (exact) mass is 344 g/mol. The highest BCUT2D eigenvalue weighted by molar-refractivity contribution is 14.1. The fourth-order valence-electron chi connectivity index (χ4n) is 1.48. The number of nitrogen functional groups attached to an aromatic ring is 1. The van der Waals surface area contributed by atoms with Gasteiger partial charge in [-0.25, -0.2) is 0 Å². The van der Waals surface area contributed by atoms with Gasteiger partial charge in [0.05, 0.1) is 21.2 Å². The van der Waals surface area contributed by atoms with E-state index in [1.165, 1.54) is 6.07 Å². The van der Waals surface area contributed by atoms with E-state index in [1.807, 2.05) is 6.20 Å². The van der Waals surface area contributed by atoms with Gasteiger partial charge in [0, 0.05) is 12.3 Å². The SMILES string of the molecule is Nc1cc(Cn2cc(I)cn2)ccc1[N+](=O)[O-]. The van der Waals surface area contributed by atoms with E-state index in [-0.39, 0.29) is 11.4 Å². The lowest BCUT2D eigenvalue weighted by Crippen LogP contribution is -2.02. The third-order valence-corrected chi connectivity index (χ3v) is 2.79. The predicted molar refractivity (Wildman–Crippen MR) is 71.6 cm³/mol. The van der Waals surface area contributed by atoms with Gasteiger partial charge in [0.2, 0.25) is 0 Å². The van der Waals surface area contributed by atoms with Crippen molar-refractivity contribution in [3.63, 3.8) is 0 Å². The molecule has 0 unspecified atom stereocenters. The fraction of sp³-hybridized carbons (Fsp3) is 0.100. The maximum atomic E-state index is 10.6. The maximum absolute atomic E-state index is 10.6. The van der Waals surface area contributed by atoms with Crippen molar-refractivity contribution >= 4 is 34.0 Å². The van der Waals surface area contributed by atoms with Gasteiger partial charge in [0.15, 0.2) is 0 Å². The quantitative estimate of drug-likeness (QED) is 0.399. The van der Waals surface area contributed by atoms with Crippen molar-refractivity contribution in [1.29, 1.82) is 0 Å². The number of rotatable bonds is 3. The van der Waals surface area contributed by atoms with E-state index in [9.17, 15) is 10.1 Å². The summed E-state index contributed by atoms with van der Waals surface area (Å²) in [5.74, 6) is 0. The molecular formula is C10H9IN4O2. The number of benzene rings is 1. The summed E-state index contributed by atoms with van der Waals surface area (Å²) in [6.45, 7) is 0.547. The first kappa shape index (κ1) is 11.8. The Balaban J connectivity index is 2.23. The first-order chi connectivity index (χ1) is 8.06. The highest BCUT2D eigenvalue weighted by Crippen LogP contribution is 2.22. The summed E-state index contributed by atoms with van der Waals surface area (Å²) in [5, 5.41) is 14.7. The van der Waals surface area contributed by atoms with Crippen LogP contribution in [0.3, 0.4) is 0 Å². The lowest BCUT2D eigenvalue weighted by Gasteiger charge is -2.03. The van der Waals surface area contributed by atoms with Gasteiger partial charge in [0.25, 0.3) is 5.69 Å². The van der Waals surface area contributed by atoms with Crippen molar-refractivity contribution in [1.82, 2.24) is 9.78 Å². The van der Waals surface area contributed by atoms with E-state index in [4.69, 9.17) is 5.73 Å². The van der Waals surface area contributed by atoms with Crippen LogP contribution >= 0.6 is 22.6 Å². The Bertz CT molecular complexity index is 567. The summed E-state index contributed by atoms with van der Waals surface area (Å²) in [6, 6.07) is 4.70. The van der Waals surface area contributed by atoms with Gasteiger partial charge in [-0.1, -0.05) is 6.07 Å². The predicted octanol–water partition coefficient (Wildman–Crippen LogP) is 2.03. The molecule has 0 aliphatic heterocycles. The number of nitro benzene ring substituents is 1.